The third-order valence-electron chi connectivity index (χ3n) is 4.29. The van der Waals surface area contributed by atoms with E-state index in [1.54, 1.807) is 39.1 Å². The Balaban J connectivity index is 2.44. The first-order valence-corrected chi connectivity index (χ1v) is 8.21. The van der Waals surface area contributed by atoms with E-state index in [1.165, 1.54) is 0 Å². The molecule has 1 aromatic carbocycles. The molecule has 0 bridgehead atoms. The fourth-order valence-corrected chi connectivity index (χ4v) is 3.22. The second-order valence-corrected chi connectivity index (χ2v) is 6.42. The Kier molecular flexibility index (Phi) is 5.94. The maximum atomic E-state index is 12.4. The van der Waals surface area contributed by atoms with Gasteiger partial charge in [-0.25, -0.2) is 0 Å². The molecule has 2 unspecified atom stereocenters. The summed E-state index contributed by atoms with van der Waals surface area (Å²) in [6, 6.07) is 5.50. The van der Waals surface area contributed by atoms with Gasteiger partial charge < -0.3 is 19.1 Å². The van der Waals surface area contributed by atoms with Gasteiger partial charge in [-0.3, -0.25) is 4.79 Å². The van der Waals surface area contributed by atoms with Crippen LogP contribution in [0.25, 0.3) is 0 Å². The maximum Gasteiger partial charge on any atom is 0.216 e. The highest BCUT2D eigenvalue weighted by Crippen LogP contribution is 2.42. The number of methoxy groups -OCH3 is 2. The van der Waals surface area contributed by atoms with Crippen molar-refractivity contribution < 1.29 is 19.0 Å². The zero-order valence-corrected chi connectivity index (χ0v) is 15.1. The molecule has 1 saturated heterocycles. The molecule has 1 heterocycles. The lowest BCUT2D eigenvalue weighted by Gasteiger charge is -2.30. The van der Waals surface area contributed by atoms with Gasteiger partial charge in [0.15, 0.2) is 12.0 Å². The summed E-state index contributed by atoms with van der Waals surface area (Å²) in [4.78, 5) is 14.2. The summed E-state index contributed by atoms with van der Waals surface area (Å²) in [5.41, 5.74) is 0.812. The highest BCUT2D eigenvalue weighted by atomic mass is 16.5. The van der Waals surface area contributed by atoms with Crippen molar-refractivity contribution in [3.05, 3.63) is 36.4 Å². The second-order valence-electron chi connectivity index (χ2n) is 6.42. The van der Waals surface area contributed by atoms with E-state index in [9.17, 15) is 4.79 Å². The molecule has 0 radical (unpaired) electrons. The summed E-state index contributed by atoms with van der Waals surface area (Å²) in [5, 5.41) is 0. The van der Waals surface area contributed by atoms with Crippen LogP contribution in [0.3, 0.4) is 0 Å². The first-order valence-electron chi connectivity index (χ1n) is 8.21. The predicted molar refractivity (Wildman–Crippen MR) is 96.4 cm³/mol. The first kappa shape index (κ1) is 18.4. The van der Waals surface area contributed by atoms with Crippen molar-refractivity contribution in [2.45, 2.75) is 38.6 Å². The summed E-state index contributed by atoms with van der Waals surface area (Å²) in [7, 11) is 4.78. The summed E-state index contributed by atoms with van der Waals surface area (Å²) in [6.45, 7) is 8.16. The SMILES string of the molecule is BC(=O)N1C(c2ccc(OC)cc2OC)O[C@@H](C=C)C1CC(C)C. The number of carbonyl (C=O) groups is 1. The third-order valence-corrected chi connectivity index (χ3v) is 4.29. The fourth-order valence-electron chi connectivity index (χ4n) is 3.22. The highest BCUT2D eigenvalue weighted by Gasteiger charge is 2.43. The van der Waals surface area contributed by atoms with E-state index >= 15 is 0 Å². The van der Waals surface area contributed by atoms with Gasteiger partial charge in [0.25, 0.3) is 0 Å². The van der Waals surface area contributed by atoms with Crippen molar-refractivity contribution in [1.82, 2.24) is 4.90 Å². The van der Waals surface area contributed by atoms with Crippen LogP contribution in [0.5, 0.6) is 11.5 Å². The molecular formula is C18H26BNO4. The number of nitrogens with zero attached hydrogens (tertiary/aromatic N) is 1. The molecule has 1 fully saturated rings. The van der Waals surface area contributed by atoms with Crippen molar-refractivity contribution in [3.63, 3.8) is 0 Å². The Bertz CT molecular complexity index is 605. The molecule has 0 aromatic heterocycles. The van der Waals surface area contributed by atoms with Gasteiger partial charge in [0, 0.05) is 11.6 Å². The van der Waals surface area contributed by atoms with Crippen molar-refractivity contribution in [2.75, 3.05) is 14.2 Å². The van der Waals surface area contributed by atoms with Crippen molar-refractivity contribution in [1.29, 1.82) is 0 Å². The van der Waals surface area contributed by atoms with E-state index in [1.807, 2.05) is 12.1 Å². The average molecular weight is 331 g/mol. The molecule has 0 N–H and O–H groups in total. The summed E-state index contributed by atoms with van der Waals surface area (Å²) in [5.74, 6) is 1.76. The normalized spacial score (nSPS) is 23.4. The number of rotatable bonds is 6. The second kappa shape index (κ2) is 7.75. The summed E-state index contributed by atoms with van der Waals surface area (Å²) in [6.07, 6.45) is 1.94. The highest BCUT2D eigenvalue weighted by molar-refractivity contribution is 6.57. The van der Waals surface area contributed by atoms with Gasteiger partial charge in [0.05, 0.1) is 26.4 Å². The molecule has 1 aliphatic rings. The number of ether oxygens (including phenoxy) is 3. The topological polar surface area (TPSA) is 48.0 Å². The largest absolute Gasteiger partial charge is 0.497 e. The standard InChI is InChI=1S/C18H26BNO4/c1-6-15-14(9-11(2)3)20(18(19)21)17(24-15)13-8-7-12(22-4)10-16(13)23-5/h6-8,10-11,14-15,17H,1,9,19H2,2-5H3/t14?,15-,17?/m0/s1. The van der Waals surface area contributed by atoms with Crippen molar-refractivity contribution >= 4 is 13.7 Å². The van der Waals surface area contributed by atoms with Crippen LogP contribution in [-0.4, -0.2) is 44.9 Å². The van der Waals surface area contributed by atoms with E-state index in [2.05, 4.69) is 20.4 Å². The maximum absolute atomic E-state index is 12.4. The first-order chi connectivity index (χ1) is 11.4. The minimum atomic E-state index is -0.491. The molecule has 1 amide bonds. The molecule has 130 valence electrons. The Morgan fingerprint density at radius 1 is 1.42 bits per heavy atom. The van der Waals surface area contributed by atoms with Crippen LogP contribution in [0, 0.1) is 5.92 Å². The minimum absolute atomic E-state index is 0.0205. The average Bonchev–Trinajstić information content (AvgIpc) is 2.91. The van der Waals surface area contributed by atoms with Crippen LogP contribution in [0.2, 0.25) is 0 Å². The van der Waals surface area contributed by atoms with E-state index < -0.39 is 6.23 Å². The van der Waals surface area contributed by atoms with Crippen LogP contribution in [0.15, 0.2) is 30.9 Å². The molecule has 2 rings (SSSR count). The number of hydrogen-bond acceptors (Lipinski definition) is 4. The zero-order valence-electron chi connectivity index (χ0n) is 15.1. The van der Waals surface area contributed by atoms with E-state index in [0.717, 1.165) is 12.0 Å². The van der Waals surface area contributed by atoms with Crippen LogP contribution in [-0.2, 0) is 4.74 Å². The Labute approximate surface area is 145 Å². The molecule has 0 aliphatic carbocycles. The zero-order chi connectivity index (χ0) is 17.9. The molecule has 0 saturated carbocycles. The van der Waals surface area contributed by atoms with Crippen LogP contribution in [0.1, 0.15) is 32.1 Å². The van der Waals surface area contributed by atoms with E-state index in [-0.39, 0.29) is 18.0 Å². The number of amides is 1. The van der Waals surface area contributed by atoms with Crippen molar-refractivity contribution in [2.24, 2.45) is 5.92 Å². The monoisotopic (exact) mass is 331 g/mol. The number of hydrogen-bond donors (Lipinski definition) is 0. The molecular weight excluding hydrogens is 305 g/mol. The van der Waals surface area contributed by atoms with Gasteiger partial charge in [0.1, 0.15) is 11.5 Å². The van der Waals surface area contributed by atoms with Crippen molar-refractivity contribution in [3.8, 4) is 11.5 Å². The summed E-state index contributed by atoms with van der Waals surface area (Å²) >= 11 is 0. The number of carbonyl (C=O) groups excluding carboxylic acids is 1. The smallest absolute Gasteiger partial charge is 0.216 e. The van der Waals surface area contributed by atoms with Crippen LogP contribution >= 0.6 is 0 Å². The predicted octanol–water partition coefficient (Wildman–Crippen LogP) is 2.76. The van der Waals surface area contributed by atoms with E-state index in [4.69, 9.17) is 14.2 Å². The van der Waals surface area contributed by atoms with Gasteiger partial charge in [-0.15, -0.1) is 6.58 Å². The quantitative estimate of drug-likeness (QED) is 0.594. The molecule has 24 heavy (non-hydrogen) atoms. The van der Waals surface area contributed by atoms with Crippen LogP contribution < -0.4 is 9.47 Å². The molecule has 1 aromatic rings. The minimum Gasteiger partial charge on any atom is -0.497 e. The Morgan fingerprint density at radius 3 is 2.62 bits per heavy atom. The lowest BCUT2D eigenvalue weighted by atomic mass is 9.95. The van der Waals surface area contributed by atoms with Gasteiger partial charge >= 0.3 is 0 Å². The van der Waals surface area contributed by atoms with Gasteiger partial charge in [0.2, 0.25) is 7.85 Å². The molecule has 1 aliphatic heterocycles. The Morgan fingerprint density at radius 2 is 2.12 bits per heavy atom. The summed E-state index contributed by atoms with van der Waals surface area (Å²) < 4.78 is 16.9. The third kappa shape index (κ3) is 3.59. The van der Waals surface area contributed by atoms with Gasteiger partial charge in [-0.2, -0.15) is 0 Å². The number of benzene rings is 1. The van der Waals surface area contributed by atoms with E-state index in [0.29, 0.717) is 17.4 Å². The lowest BCUT2D eigenvalue weighted by molar-refractivity contribution is 0.0289. The molecule has 5 nitrogen and oxygen atoms in total. The van der Waals surface area contributed by atoms with Gasteiger partial charge in [-0.05, 0) is 24.5 Å². The Hall–Kier alpha value is -1.95. The fraction of sp³-hybridized carbons (Fsp3) is 0.500. The molecule has 6 heteroatoms. The van der Waals surface area contributed by atoms with Crippen LogP contribution in [0.4, 0.5) is 4.79 Å². The lowest BCUT2D eigenvalue weighted by Crippen LogP contribution is -2.40. The van der Waals surface area contributed by atoms with Gasteiger partial charge in [-0.1, -0.05) is 19.9 Å². The molecule has 3 atom stereocenters. The molecule has 0 spiro atoms.